The molecule has 4 nitrogen and oxygen atoms in total. The summed E-state index contributed by atoms with van der Waals surface area (Å²) in [4.78, 5) is 26.7. The molecule has 3 aromatic rings. The Morgan fingerprint density at radius 1 is 1.00 bits per heavy atom. The summed E-state index contributed by atoms with van der Waals surface area (Å²) < 4.78 is 0. The van der Waals surface area contributed by atoms with Crippen LogP contribution in [0.3, 0.4) is 0 Å². The van der Waals surface area contributed by atoms with E-state index in [1.807, 2.05) is 48.5 Å². The number of amides is 2. The molecule has 32 heavy (non-hydrogen) atoms. The lowest BCUT2D eigenvalue weighted by atomic mass is 9.91. The monoisotopic (exact) mass is 446 g/mol. The number of nitrogens with zero attached hydrogens (tertiary/aromatic N) is 1. The Morgan fingerprint density at radius 2 is 1.72 bits per heavy atom. The van der Waals surface area contributed by atoms with Gasteiger partial charge in [0.1, 0.15) is 0 Å². The zero-order chi connectivity index (χ0) is 22.5. The summed E-state index contributed by atoms with van der Waals surface area (Å²) in [6, 6.07) is 23.5. The molecule has 0 aliphatic carbocycles. The second-order valence-electron chi connectivity index (χ2n) is 8.40. The summed E-state index contributed by atoms with van der Waals surface area (Å²) in [5.74, 6) is 0.197. The molecular weight excluding hydrogens is 420 g/mol. The molecule has 1 unspecified atom stereocenters. The van der Waals surface area contributed by atoms with E-state index in [0.717, 1.165) is 48.1 Å². The predicted octanol–water partition coefficient (Wildman–Crippen LogP) is 5.35. The normalized spacial score (nSPS) is 15.8. The third-order valence-corrected chi connectivity index (χ3v) is 6.21. The summed E-state index contributed by atoms with van der Waals surface area (Å²) >= 11 is 5.95. The van der Waals surface area contributed by atoms with Crippen LogP contribution in [-0.2, 0) is 17.8 Å². The van der Waals surface area contributed by atoms with Gasteiger partial charge in [0.2, 0.25) is 5.91 Å². The van der Waals surface area contributed by atoms with Crippen LogP contribution in [0.5, 0.6) is 0 Å². The highest BCUT2D eigenvalue weighted by Crippen LogP contribution is 2.24. The first-order chi connectivity index (χ1) is 15.5. The minimum absolute atomic E-state index is 0.0262. The van der Waals surface area contributed by atoms with Gasteiger partial charge in [0, 0.05) is 36.6 Å². The molecule has 3 aromatic carbocycles. The first kappa shape index (κ1) is 22.1. The van der Waals surface area contributed by atoms with Crippen molar-refractivity contribution in [3.8, 4) is 11.1 Å². The molecule has 0 saturated carbocycles. The summed E-state index contributed by atoms with van der Waals surface area (Å²) in [5.41, 5.74) is 4.89. The van der Waals surface area contributed by atoms with Crippen molar-refractivity contribution in [2.75, 3.05) is 13.6 Å². The van der Waals surface area contributed by atoms with Gasteiger partial charge < -0.3 is 10.2 Å². The zero-order valence-electron chi connectivity index (χ0n) is 18.2. The third-order valence-electron chi connectivity index (χ3n) is 5.96. The topological polar surface area (TPSA) is 49.4 Å². The Kier molecular flexibility index (Phi) is 6.91. The van der Waals surface area contributed by atoms with Crippen molar-refractivity contribution < 1.29 is 9.59 Å². The van der Waals surface area contributed by atoms with Gasteiger partial charge in [-0.3, -0.25) is 9.59 Å². The van der Waals surface area contributed by atoms with Crippen LogP contribution < -0.4 is 5.32 Å². The number of benzene rings is 3. The standard InChI is InChI=1S/C27H27ClN2O2/c1-30(18-20-9-13-25(28)14-10-20)27(32)24-5-2-4-22(17-24)21-11-7-19(8-12-21)16-23-6-3-15-29-26(23)31/h2,4-5,7-14,17,23H,3,6,15-16,18H2,1H3,(H,29,31). The Bertz CT molecular complexity index is 1090. The van der Waals surface area contributed by atoms with Crippen LogP contribution in [0.1, 0.15) is 34.3 Å². The van der Waals surface area contributed by atoms with E-state index in [0.29, 0.717) is 17.1 Å². The highest BCUT2D eigenvalue weighted by atomic mass is 35.5. The molecule has 1 N–H and O–H groups in total. The zero-order valence-corrected chi connectivity index (χ0v) is 18.9. The molecule has 1 atom stereocenters. The highest BCUT2D eigenvalue weighted by molar-refractivity contribution is 6.30. The largest absolute Gasteiger partial charge is 0.356 e. The Hall–Kier alpha value is -3.11. The number of hydrogen-bond acceptors (Lipinski definition) is 2. The van der Waals surface area contributed by atoms with E-state index in [1.54, 1.807) is 11.9 Å². The lowest BCUT2D eigenvalue weighted by Gasteiger charge is -2.21. The summed E-state index contributed by atoms with van der Waals surface area (Å²) in [7, 11) is 1.81. The number of hydrogen-bond donors (Lipinski definition) is 1. The number of carbonyl (C=O) groups is 2. The number of halogens is 1. The molecule has 5 heteroatoms. The molecule has 2 amide bonds. The Balaban J connectivity index is 1.44. The van der Waals surface area contributed by atoms with Crippen molar-refractivity contribution in [1.82, 2.24) is 10.2 Å². The van der Waals surface area contributed by atoms with Crippen LogP contribution in [0.15, 0.2) is 72.8 Å². The highest BCUT2D eigenvalue weighted by Gasteiger charge is 2.22. The second-order valence-corrected chi connectivity index (χ2v) is 8.84. The van der Waals surface area contributed by atoms with Crippen molar-refractivity contribution in [1.29, 1.82) is 0 Å². The fourth-order valence-corrected chi connectivity index (χ4v) is 4.26. The molecule has 164 valence electrons. The molecule has 0 spiro atoms. The van der Waals surface area contributed by atoms with E-state index in [9.17, 15) is 9.59 Å². The Labute approximate surface area is 194 Å². The number of rotatable bonds is 6. The molecule has 0 aromatic heterocycles. The van der Waals surface area contributed by atoms with Crippen LogP contribution in [0.25, 0.3) is 11.1 Å². The van der Waals surface area contributed by atoms with Gasteiger partial charge in [-0.15, -0.1) is 0 Å². The average Bonchev–Trinajstić information content (AvgIpc) is 2.82. The fourth-order valence-electron chi connectivity index (χ4n) is 4.14. The van der Waals surface area contributed by atoms with Gasteiger partial charge in [0.05, 0.1) is 0 Å². The van der Waals surface area contributed by atoms with Gasteiger partial charge in [-0.25, -0.2) is 0 Å². The molecule has 0 bridgehead atoms. The van der Waals surface area contributed by atoms with Gasteiger partial charge >= 0.3 is 0 Å². The molecule has 1 heterocycles. The van der Waals surface area contributed by atoms with Crippen molar-refractivity contribution >= 4 is 23.4 Å². The quantitative estimate of drug-likeness (QED) is 0.555. The smallest absolute Gasteiger partial charge is 0.253 e. The first-order valence-electron chi connectivity index (χ1n) is 11.0. The summed E-state index contributed by atoms with van der Waals surface area (Å²) in [6.07, 6.45) is 2.75. The van der Waals surface area contributed by atoms with E-state index < -0.39 is 0 Å². The van der Waals surface area contributed by atoms with Crippen molar-refractivity contribution in [2.24, 2.45) is 5.92 Å². The molecule has 1 aliphatic heterocycles. The molecule has 0 radical (unpaired) electrons. The maximum atomic E-state index is 13.0. The summed E-state index contributed by atoms with van der Waals surface area (Å²) in [5, 5.41) is 3.64. The van der Waals surface area contributed by atoms with Crippen LogP contribution in [0, 0.1) is 5.92 Å². The van der Waals surface area contributed by atoms with Crippen LogP contribution >= 0.6 is 11.6 Å². The van der Waals surface area contributed by atoms with Gasteiger partial charge in [-0.05, 0) is 65.8 Å². The van der Waals surface area contributed by atoms with Crippen molar-refractivity contribution in [2.45, 2.75) is 25.8 Å². The second kappa shape index (κ2) is 10.0. The van der Waals surface area contributed by atoms with Crippen LogP contribution in [-0.4, -0.2) is 30.3 Å². The maximum Gasteiger partial charge on any atom is 0.253 e. The SMILES string of the molecule is CN(Cc1ccc(Cl)cc1)C(=O)c1cccc(-c2ccc(CC3CCCNC3=O)cc2)c1. The number of nitrogens with one attached hydrogen (secondary N) is 1. The van der Waals surface area contributed by atoms with E-state index in [2.05, 4.69) is 29.6 Å². The Morgan fingerprint density at radius 3 is 2.44 bits per heavy atom. The minimum Gasteiger partial charge on any atom is -0.356 e. The minimum atomic E-state index is -0.0262. The average molecular weight is 447 g/mol. The molecule has 1 aliphatic rings. The molecule has 1 fully saturated rings. The fraction of sp³-hybridized carbons (Fsp3) is 0.259. The third kappa shape index (κ3) is 5.38. The van der Waals surface area contributed by atoms with E-state index in [-0.39, 0.29) is 17.7 Å². The first-order valence-corrected chi connectivity index (χ1v) is 11.3. The lowest BCUT2D eigenvalue weighted by Crippen LogP contribution is -2.37. The van der Waals surface area contributed by atoms with Crippen LogP contribution in [0.2, 0.25) is 5.02 Å². The lowest BCUT2D eigenvalue weighted by molar-refractivity contribution is -0.126. The van der Waals surface area contributed by atoms with E-state index >= 15 is 0 Å². The maximum absolute atomic E-state index is 13.0. The predicted molar refractivity (Wildman–Crippen MR) is 129 cm³/mol. The van der Waals surface area contributed by atoms with Crippen molar-refractivity contribution in [3.05, 3.63) is 94.5 Å². The molecule has 1 saturated heterocycles. The van der Waals surface area contributed by atoms with Gasteiger partial charge in [0.15, 0.2) is 0 Å². The summed E-state index contributed by atoms with van der Waals surface area (Å²) in [6.45, 7) is 1.31. The van der Waals surface area contributed by atoms with Crippen LogP contribution in [0.4, 0.5) is 0 Å². The number of piperidine rings is 1. The molecular formula is C27H27ClN2O2. The van der Waals surface area contributed by atoms with Gasteiger partial charge in [-0.2, -0.15) is 0 Å². The van der Waals surface area contributed by atoms with Gasteiger partial charge in [0.25, 0.3) is 5.91 Å². The van der Waals surface area contributed by atoms with Gasteiger partial charge in [-0.1, -0.05) is 60.1 Å². The van der Waals surface area contributed by atoms with E-state index in [4.69, 9.17) is 11.6 Å². The van der Waals surface area contributed by atoms with Crippen molar-refractivity contribution in [3.63, 3.8) is 0 Å². The molecule has 4 rings (SSSR count). The number of carbonyl (C=O) groups excluding carboxylic acids is 2. The van der Waals surface area contributed by atoms with E-state index in [1.165, 1.54) is 0 Å².